The van der Waals surface area contributed by atoms with E-state index in [9.17, 15) is 9.18 Å². The molecular weight excluding hydrogens is 261 g/mol. The third-order valence-corrected chi connectivity index (χ3v) is 3.21. The van der Waals surface area contributed by atoms with Gasteiger partial charge in [0.1, 0.15) is 5.82 Å². The predicted octanol–water partition coefficient (Wildman–Crippen LogP) is 1.15. The van der Waals surface area contributed by atoms with Crippen molar-refractivity contribution in [3.05, 3.63) is 29.8 Å². The Morgan fingerprint density at radius 1 is 1.50 bits per heavy atom. The van der Waals surface area contributed by atoms with Crippen LogP contribution in [0, 0.1) is 5.82 Å². The maximum atomic E-state index is 13.0. The summed E-state index contributed by atoms with van der Waals surface area (Å²) in [6.07, 6.45) is 1.57. The minimum absolute atomic E-state index is 0.419. The molecule has 5 nitrogen and oxygen atoms in total. The highest BCUT2D eigenvalue weighted by molar-refractivity contribution is 5.81. The van der Waals surface area contributed by atoms with E-state index in [1.165, 1.54) is 19.2 Å². The van der Waals surface area contributed by atoms with Crippen LogP contribution in [0.3, 0.4) is 0 Å². The smallest absolute Gasteiger partial charge is 0.332 e. The highest BCUT2D eigenvalue weighted by atomic mass is 19.1. The van der Waals surface area contributed by atoms with Gasteiger partial charge in [-0.1, -0.05) is 6.92 Å². The van der Waals surface area contributed by atoms with Crippen molar-refractivity contribution < 1.29 is 13.9 Å². The van der Waals surface area contributed by atoms with Crippen LogP contribution in [0.1, 0.15) is 19.0 Å². The Bertz CT molecular complexity index is 437. The summed E-state index contributed by atoms with van der Waals surface area (Å²) in [6.45, 7) is 3.22. The fourth-order valence-electron chi connectivity index (χ4n) is 2.01. The number of pyridine rings is 1. The van der Waals surface area contributed by atoms with Crippen LogP contribution in [0.25, 0.3) is 0 Å². The maximum Gasteiger partial charge on any atom is 0.332 e. The summed E-state index contributed by atoms with van der Waals surface area (Å²) < 4.78 is 17.9. The van der Waals surface area contributed by atoms with E-state index < -0.39 is 17.3 Å². The second kappa shape index (κ2) is 7.31. The van der Waals surface area contributed by atoms with Gasteiger partial charge in [-0.2, -0.15) is 0 Å². The molecule has 0 bridgehead atoms. The Balaban J connectivity index is 3.04. The quantitative estimate of drug-likeness (QED) is 0.761. The van der Waals surface area contributed by atoms with E-state index in [2.05, 4.69) is 10.3 Å². The number of hydrogen-bond acceptors (Lipinski definition) is 5. The molecule has 0 fully saturated rings. The van der Waals surface area contributed by atoms with E-state index in [4.69, 9.17) is 4.74 Å². The molecule has 1 N–H and O–H groups in total. The van der Waals surface area contributed by atoms with Gasteiger partial charge >= 0.3 is 5.97 Å². The van der Waals surface area contributed by atoms with Crippen molar-refractivity contribution in [2.75, 3.05) is 34.3 Å². The number of ether oxygens (including phenoxy) is 1. The van der Waals surface area contributed by atoms with Gasteiger partial charge in [-0.3, -0.25) is 10.3 Å². The molecule has 0 radical (unpaired) electrons. The van der Waals surface area contributed by atoms with Crippen LogP contribution in [-0.2, 0) is 15.1 Å². The van der Waals surface area contributed by atoms with E-state index in [0.717, 1.165) is 12.7 Å². The molecule has 1 unspecified atom stereocenters. The van der Waals surface area contributed by atoms with E-state index in [1.807, 2.05) is 25.9 Å². The molecule has 1 aromatic heterocycles. The topological polar surface area (TPSA) is 54.5 Å². The third-order valence-electron chi connectivity index (χ3n) is 3.21. The first-order valence-corrected chi connectivity index (χ1v) is 6.56. The van der Waals surface area contributed by atoms with Gasteiger partial charge < -0.3 is 9.64 Å². The molecule has 1 aromatic rings. The molecule has 6 heteroatoms. The first kappa shape index (κ1) is 16.5. The van der Waals surface area contributed by atoms with Crippen LogP contribution >= 0.6 is 0 Å². The van der Waals surface area contributed by atoms with E-state index in [1.54, 1.807) is 0 Å². The lowest BCUT2D eigenvalue weighted by Gasteiger charge is -2.31. The average Bonchev–Trinajstić information content (AvgIpc) is 2.44. The van der Waals surface area contributed by atoms with Crippen molar-refractivity contribution in [2.45, 2.75) is 18.9 Å². The summed E-state index contributed by atoms with van der Waals surface area (Å²) >= 11 is 0. The lowest BCUT2D eigenvalue weighted by Crippen LogP contribution is -2.51. The first-order valence-electron chi connectivity index (χ1n) is 6.56. The molecule has 112 valence electrons. The number of halogens is 1. The SMILES string of the molecule is CCC(NCCN(C)C)(C(=O)OC)c1ccc(F)cn1. The van der Waals surface area contributed by atoms with Crippen molar-refractivity contribution >= 4 is 5.97 Å². The predicted molar refractivity (Wildman–Crippen MR) is 74.7 cm³/mol. The number of hydrogen-bond donors (Lipinski definition) is 1. The second-order valence-corrected chi connectivity index (χ2v) is 4.84. The molecule has 1 heterocycles. The lowest BCUT2D eigenvalue weighted by atomic mass is 9.91. The summed E-state index contributed by atoms with van der Waals surface area (Å²) in [6, 6.07) is 2.81. The fraction of sp³-hybridized carbons (Fsp3) is 0.571. The number of rotatable bonds is 7. The van der Waals surface area contributed by atoms with Crippen molar-refractivity contribution in [3.63, 3.8) is 0 Å². The number of methoxy groups -OCH3 is 1. The normalized spacial score (nSPS) is 14.1. The number of esters is 1. The second-order valence-electron chi connectivity index (χ2n) is 4.84. The number of aromatic nitrogens is 1. The van der Waals surface area contributed by atoms with Crippen molar-refractivity contribution in [1.82, 2.24) is 15.2 Å². The van der Waals surface area contributed by atoms with Gasteiger partial charge in [0.05, 0.1) is 19.0 Å². The number of likely N-dealkylation sites (N-methyl/N-ethyl adjacent to an activating group) is 1. The van der Waals surface area contributed by atoms with Crippen LogP contribution in [-0.4, -0.2) is 50.1 Å². The highest BCUT2D eigenvalue weighted by Gasteiger charge is 2.40. The van der Waals surface area contributed by atoms with Crippen LogP contribution < -0.4 is 5.32 Å². The van der Waals surface area contributed by atoms with Crippen LogP contribution in [0.4, 0.5) is 4.39 Å². The molecule has 0 aromatic carbocycles. The van der Waals surface area contributed by atoms with Gasteiger partial charge in [0.15, 0.2) is 5.54 Å². The standard InChI is InChI=1S/C14H22FN3O2/c1-5-14(13(19)20-4,17-8-9-18(2)3)12-7-6-11(15)10-16-12/h6-7,10,17H,5,8-9H2,1-4H3. The zero-order valence-electron chi connectivity index (χ0n) is 12.4. The van der Waals surface area contributed by atoms with Crippen LogP contribution in [0.2, 0.25) is 0 Å². The van der Waals surface area contributed by atoms with E-state index in [0.29, 0.717) is 18.7 Å². The highest BCUT2D eigenvalue weighted by Crippen LogP contribution is 2.25. The summed E-state index contributed by atoms with van der Waals surface area (Å²) in [5.74, 6) is -0.852. The van der Waals surface area contributed by atoms with Gasteiger partial charge in [-0.25, -0.2) is 9.18 Å². The lowest BCUT2D eigenvalue weighted by molar-refractivity contribution is -0.149. The molecule has 0 aliphatic rings. The van der Waals surface area contributed by atoms with Gasteiger partial charge in [0.2, 0.25) is 0 Å². The Morgan fingerprint density at radius 3 is 2.65 bits per heavy atom. The van der Waals surface area contributed by atoms with Gasteiger partial charge in [-0.15, -0.1) is 0 Å². The largest absolute Gasteiger partial charge is 0.467 e. The summed E-state index contributed by atoms with van der Waals surface area (Å²) in [7, 11) is 5.23. The zero-order valence-corrected chi connectivity index (χ0v) is 12.4. The Labute approximate surface area is 119 Å². The minimum Gasteiger partial charge on any atom is -0.467 e. The van der Waals surface area contributed by atoms with Gasteiger partial charge in [0, 0.05) is 13.1 Å². The molecule has 0 saturated heterocycles. The molecule has 1 atom stereocenters. The summed E-state index contributed by atoms with van der Waals surface area (Å²) in [5.41, 5.74) is -0.578. The number of nitrogens with zero attached hydrogens (tertiary/aromatic N) is 2. The van der Waals surface area contributed by atoms with Crippen molar-refractivity contribution in [2.24, 2.45) is 0 Å². The van der Waals surface area contributed by atoms with E-state index >= 15 is 0 Å². The number of carbonyl (C=O) groups excluding carboxylic acids is 1. The zero-order chi connectivity index (χ0) is 15.2. The Morgan fingerprint density at radius 2 is 2.20 bits per heavy atom. The van der Waals surface area contributed by atoms with Gasteiger partial charge in [-0.05, 0) is 32.6 Å². The maximum absolute atomic E-state index is 13.0. The third kappa shape index (κ3) is 3.74. The monoisotopic (exact) mass is 283 g/mol. The minimum atomic E-state index is -1.04. The fourth-order valence-corrected chi connectivity index (χ4v) is 2.01. The molecule has 20 heavy (non-hydrogen) atoms. The van der Waals surface area contributed by atoms with Crippen LogP contribution in [0.5, 0.6) is 0 Å². The number of carbonyl (C=O) groups is 1. The first-order chi connectivity index (χ1) is 9.46. The Hall–Kier alpha value is -1.53. The molecule has 0 aliphatic carbocycles. The van der Waals surface area contributed by atoms with E-state index in [-0.39, 0.29) is 0 Å². The molecule has 0 aliphatic heterocycles. The van der Waals surface area contributed by atoms with Gasteiger partial charge in [0.25, 0.3) is 0 Å². The molecule has 0 saturated carbocycles. The molecule has 0 amide bonds. The molecular formula is C14H22FN3O2. The molecule has 1 rings (SSSR count). The van der Waals surface area contributed by atoms with Crippen LogP contribution in [0.15, 0.2) is 18.3 Å². The summed E-state index contributed by atoms with van der Waals surface area (Å²) in [5, 5.41) is 3.20. The van der Waals surface area contributed by atoms with Crippen molar-refractivity contribution in [1.29, 1.82) is 0 Å². The summed E-state index contributed by atoms with van der Waals surface area (Å²) in [4.78, 5) is 18.2. The average molecular weight is 283 g/mol. The molecule has 0 spiro atoms. The number of nitrogens with one attached hydrogen (secondary N) is 1. The van der Waals surface area contributed by atoms with Crippen molar-refractivity contribution in [3.8, 4) is 0 Å². The Kier molecular flexibility index (Phi) is 6.04.